The number of nitrogens with one attached hydrogen (secondary N) is 2. The molecule has 0 amide bonds. The zero-order valence-electron chi connectivity index (χ0n) is 9.87. The van der Waals surface area contributed by atoms with Crippen LogP contribution in [0.3, 0.4) is 0 Å². The van der Waals surface area contributed by atoms with Crippen LogP contribution >= 0.6 is 22.6 Å². The number of nitrogens with zero attached hydrogens (tertiary/aromatic N) is 1. The Morgan fingerprint density at radius 2 is 1.89 bits per heavy atom. The van der Waals surface area contributed by atoms with Gasteiger partial charge in [-0.2, -0.15) is 0 Å². The lowest BCUT2D eigenvalue weighted by Gasteiger charge is -2.00. The highest BCUT2D eigenvalue weighted by molar-refractivity contribution is 14.1. The number of anilines is 1. The van der Waals surface area contributed by atoms with Crippen LogP contribution < -0.4 is 10.7 Å². The molecule has 0 fully saturated rings. The summed E-state index contributed by atoms with van der Waals surface area (Å²) in [7, 11) is 0. The van der Waals surface area contributed by atoms with Crippen molar-refractivity contribution < 1.29 is 4.98 Å². The summed E-state index contributed by atoms with van der Waals surface area (Å²) in [5.41, 5.74) is 8.93. The normalized spacial score (nSPS) is 11.6. The summed E-state index contributed by atoms with van der Waals surface area (Å²) in [6.07, 6.45) is 0. The van der Waals surface area contributed by atoms with Crippen molar-refractivity contribution in [3.05, 3.63) is 40.1 Å². The molecule has 4 rings (SSSR count). The highest BCUT2D eigenvalue weighted by Crippen LogP contribution is 2.31. The van der Waals surface area contributed by atoms with Crippen LogP contribution in [0, 0.1) is 3.70 Å². The second kappa shape index (κ2) is 3.80. The summed E-state index contributed by atoms with van der Waals surface area (Å²) in [6.45, 7) is 0. The smallest absolute Gasteiger partial charge is 0.290 e. The van der Waals surface area contributed by atoms with Gasteiger partial charge in [-0.15, -0.1) is 0 Å². The first kappa shape index (κ1) is 11.0. The fraction of sp³-hybridized carbons (Fsp3) is 0. The van der Waals surface area contributed by atoms with E-state index in [0.717, 1.165) is 36.4 Å². The van der Waals surface area contributed by atoms with Crippen molar-refractivity contribution in [2.75, 3.05) is 5.73 Å². The number of hydrogen-bond donors (Lipinski definition) is 2. The van der Waals surface area contributed by atoms with Crippen LogP contribution in [0.15, 0.2) is 36.4 Å². The number of halogens is 1. The number of hydrogen-bond acceptors (Lipinski definition) is 2. The minimum Gasteiger partial charge on any atom is -0.290 e. The summed E-state index contributed by atoms with van der Waals surface area (Å²) in [6, 6.07) is 12.3. The van der Waals surface area contributed by atoms with Crippen molar-refractivity contribution in [3.8, 4) is 0 Å². The molecule has 4 aromatic rings. The van der Waals surface area contributed by atoms with Gasteiger partial charge in [0.2, 0.25) is 0 Å². The lowest BCUT2D eigenvalue weighted by Crippen LogP contribution is -2.15. The average molecular weight is 361 g/mol. The second-order valence-corrected chi connectivity index (χ2v) is 5.57. The molecular formula is C14H10IN4+. The van der Waals surface area contributed by atoms with Crippen molar-refractivity contribution in [2.24, 2.45) is 0 Å². The van der Waals surface area contributed by atoms with E-state index in [2.05, 4.69) is 55.7 Å². The third kappa shape index (κ3) is 1.51. The van der Waals surface area contributed by atoms with E-state index >= 15 is 0 Å². The number of nitrogen functional groups attached to an aromatic ring is 1. The van der Waals surface area contributed by atoms with E-state index in [-0.39, 0.29) is 0 Å². The first-order valence-electron chi connectivity index (χ1n) is 5.91. The van der Waals surface area contributed by atoms with Gasteiger partial charge >= 0.3 is 5.95 Å². The van der Waals surface area contributed by atoms with Crippen molar-refractivity contribution in [1.29, 1.82) is 0 Å². The molecule has 2 heterocycles. The van der Waals surface area contributed by atoms with E-state index in [1.165, 1.54) is 0 Å². The van der Waals surface area contributed by atoms with E-state index in [9.17, 15) is 0 Å². The first-order valence-corrected chi connectivity index (χ1v) is 6.99. The molecule has 2 aromatic heterocycles. The molecule has 19 heavy (non-hydrogen) atoms. The van der Waals surface area contributed by atoms with Crippen molar-refractivity contribution in [2.45, 2.75) is 0 Å². The molecule has 2 aromatic carbocycles. The lowest BCUT2D eigenvalue weighted by molar-refractivity contribution is -0.329. The van der Waals surface area contributed by atoms with Gasteiger partial charge in [0.15, 0.2) is 0 Å². The molecule has 0 aliphatic carbocycles. The number of aromatic nitrogens is 3. The predicted octanol–water partition coefficient (Wildman–Crippen LogP) is 2.87. The van der Waals surface area contributed by atoms with E-state index in [4.69, 9.17) is 5.73 Å². The minimum atomic E-state index is 0.551. The summed E-state index contributed by atoms with van der Waals surface area (Å²) < 4.78 is 1.02. The van der Waals surface area contributed by atoms with E-state index in [1.807, 2.05) is 18.2 Å². The molecule has 0 atom stereocenters. The molecule has 0 aliphatic rings. The number of fused-ring (bicyclic) bond motifs is 5. The van der Waals surface area contributed by atoms with Crippen LogP contribution in [-0.4, -0.2) is 9.97 Å². The van der Waals surface area contributed by atoms with E-state index < -0.39 is 0 Å². The summed E-state index contributed by atoms with van der Waals surface area (Å²) in [4.78, 5) is 11.0. The number of rotatable bonds is 0. The molecule has 0 spiro atoms. The molecule has 0 saturated heterocycles. The predicted molar refractivity (Wildman–Crippen MR) is 84.8 cm³/mol. The van der Waals surface area contributed by atoms with Crippen molar-refractivity contribution in [1.82, 2.24) is 9.97 Å². The molecule has 0 saturated carbocycles. The van der Waals surface area contributed by atoms with Gasteiger partial charge in [-0.05, 0) is 40.8 Å². The topological polar surface area (TPSA) is 68.8 Å². The second-order valence-electron chi connectivity index (χ2n) is 4.49. The van der Waals surface area contributed by atoms with Gasteiger partial charge in [-0.1, -0.05) is 18.2 Å². The molecule has 92 valence electrons. The van der Waals surface area contributed by atoms with Crippen LogP contribution in [0.2, 0.25) is 0 Å². The molecule has 4 nitrogen and oxygen atoms in total. The molecule has 4 N–H and O–H groups in total. The monoisotopic (exact) mass is 361 g/mol. The Labute approximate surface area is 122 Å². The van der Waals surface area contributed by atoms with Crippen LogP contribution in [0.1, 0.15) is 0 Å². The van der Waals surface area contributed by atoms with Gasteiger partial charge in [0.05, 0.1) is 16.4 Å². The fourth-order valence-corrected chi connectivity index (χ4v) is 3.27. The number of H-pyrrole nitrogens is 2. The van der Waals surface area contributed by atoms with Crippen molar-refractivity contribution in [3.63, 3.8) is 0 Å². The molecule has 5 heteroatoms. The Morgan fingerprint density at radius 1 is 1.05 bits per heavy atom. The summed E-state index contributed by atoms with van der Waals surface area (Å²) in [5.74, 6) is 0.551. The quantitative estimate of drug-likeness (QED) is 0.374. The van der Waals surface area contributed by atoms with Crippen LogP contribution in [0.5, 0.6) is 0 Å². The molecular weight excluding hydrogens is 351 g/mol. The summed E-state index contributed by atoms with van der Waals surface area (Å²) in [5, 5.41) is 3.41. The Kier molecular flexibility index (Phi) is 2.20. The summed E-state index contributed by atoms with van der Waals surface area (Å²) >= 11 is 2.26. The van der Waals surface area contributed by atoms with Gasteiger partial charge in [-0.25, -0.2) is 15.0 Å². The highest BCUT2D eigenvalue weighted by Gasteiger charge is 2.14. The Bertz CT molecular complexity index is 942. The highest BCUT2D eigenvalue weighted by atomic mass is 127. The van der Waals surface area contributed by atoms with E-state index in [1.54, 1.807) is 0 Å². The maximum absolute atomic E-state index is 5.89. The number of aromatic amines is 2. The zero-order chi connectivity index (χ0) is 13.0. The number of para-hydroxylation sites is 1. The molecule has 0 unspecified atom stereocenters. The third-order valence-electron chi connectivity index (χ3n) is 3.34. The van der Waals surface area contributed by atoms with Crippen LogP contribution in [0.25, 0.3) is 32.7 Å². The van der Waals surface area contributed by atoms with Crippen LogP contribution in [0.4, 0.5) is 5.95 Å². The molecule has 0 aliphatic heterocycles. The third-order valence-corrected chi connectivity index (χ3v) is 4.19. The number of benzene rings is 2. The Hall–Kier alpha value is -1.89. The van der Waals surface area contributed by atoms with Gasteiger partial charge in [0.25, 0.3) is 0 Å². The maximum Gasteiger partial charge on any atom is 0.351 e. The minimum absolute atomic E-state index is 0.551. The first-order chi connectivity index (χ1) is 9.24. The lowest BCUT2D eigenvalue weighted by atomic mass is 10.1. The zero-order valence-corrected chi connectivity index (χ0v) is 12.0. The van der Waals surface area contributed by atoms with Gasteiger partial charge in [0, 0.05) is 10.8 Å². The van der Waals surface area contributed by atoms with Gasteiger partial charge in [-0.3, -0.25) is 5.73 Å². The standard InChI is InChI=1S/C14H9IN4/c15-13-8-5-6-10-11(12(8)18-14(16)19-13)7-3-1-2-4-9(7)17-10/h1-6H,(H3,16,18,19)/p+1. The van der Waals surface area contributed by atoms with Crippen LogP contribution in [-0.2, 0) is 0 Å². The molecule has 0 radical (unpaired) electrons. The Balaban J connectivity index is 2.36. The van der Waals surface area contributed by atoms with E-state index in [0.29, 0.717) is 5.95 Å². The number of nitrogens with two attached hydrogens (primary N) is 1. The maximum atomic E-state index is 5.89. The average Bonchev–Trinajstić information content (AvgIpc) is 2.77. The fourth-order valence-electron chi connectivity index (χ4n) is 2.53. The largest absolute Gasteiger partial charge is 0.351 e. The van der Waals surface area contributed by atoms with Crippen molar-refractivity contribution >= 4 is 61.2 Å². The van der Waals surface area contributed by atoms with Gasteiger partial charge in [0.1, 0.15) is 9.22 Å². The van der Waals surface area contributed by atoms with Gasteiger partial charge < -0.3 is 0 Å². The SMILES string of the molecule is Nc1[nH]c(I)c2ccc3nc4ccccc4c3c2[nH+]1. The molecule has 0 bridgehead atoms. The Morgan fingerprint density at radius 3 is 2.79 bits per heavy atom.